The third-order valence-corrected chi connectivity index (χ3v) is 5.13. The lowest BCUT2D eigenvalue weighted by Gasteiger charge is -2.12. The van der Waals surface area contributed by atoms with E-state index in [0.717, 1.165) is 23.4 Å². The van der Waals surface area contributed by atoms with Gasteiger partial charge in [0.25, 0.3) is 0 Å². The van der Waals surface area contributed by atoms with E-state index in [1.54, 1.807) is 13.4 Å². The maximum Gasteiger partial charge on any atom is 0.233 e. The molecule has 0 aliphatic heterocycles. The van der Waals surface area contributed by atoms with Gasteiger partial charge in [-0.15, -0.1) is 10.2 Å². The summed E-state index contributed by atoms with van der Waals surface area (Å²) in [5, 5.41) is 11.5. The SMILES string of the molecule is COc1ccc(CCNC(=O)C(C)Sc2nncn2-c2ccccc2)cc1. The normalized spacial score (nSPS) is 11.8. The number of para-hydroxylation sites is 1. The second-order valence-corrected chi connectivity index (χ2v) is 7.28. The number of hydrogen-bond acceptors (Lipinski definition) is 5. The summed E-state index contributed by atoms with van der Waals surface area (Å²) in [5.41, 5.74) is 2.12. The smallest absolute Gasteiger partial charge is 0.233 e. The lowest BCUT2D eigenvalue weighted by Crippen LogP contribution is -2.32. The molecule has 0 saturated carbocycles. The van der Waals surface area contributed by atoms with Gasteiger partial charge >= 0.3 is 0 Å². The van der Waals surface area contributed by atoms with Crippen LogP contribution < -0.4 is 10.1 Å². The Morgan fingerprint density at radius 2 is 1.93 bits per heavy atom. The van der Waals surface area contributed by atoms with Crippen molar-refractivity contribution < 1.29 is 9.53 Å². The molecule has 27 heavy (non-hydrogen) atoms. The summed E-state index contributed by atoms with van der Waals surface area (Å²) < 4.78 is 7.03. The Bertz CT molecular complexity index is 865. The van der Waals surface area contributed by atoms with E-state index in [-0.39, 0.29) is 11.2 Å². The minimum atomic E-state index is -0.271. The molecular formula is C20H22N4O2S. The number of ether oxygens (including phenoxy) is 1. The van der Waals surface area contributed by atoms with E-state index < -0.39 is 0 Å². The number of carbonyl (C=O) groups is 1. The number of carbonyl (C=O) groups excluding carboxylic acids is 1. The highest BCUT2D eigenvalue weighted by atomic mass is 32.2. The average molecular weight is 382 g/mol. The molecule has 3 rings (SSSR count). The van der Waals surface area contributed by atoms with Crippen LogP contribution >= 0.6 is 11.8 Å². The minimum absolute atomic E-state index is 0.0175. The Kier molecular flexibility index (Phi) is 6.49. The molecular weight excluding hydrogens is 360 g/mol. The molecule has 1 unspecified atom stereocenters. The molecule has 1 amide bonds. The number of aromatic nitrogens is 3. The molecule has 0 spiro atoms. The van der Waals surface area contributed by atoms with Gasteiger partial charge in [0, 0.05) is 12.2 Å². The topological polar surface area (TPSA) is 69.0 Å². The molecule has 1 heterocycles. The van der Waals surface area contributed by atoms with Crippen molar-refractivity contribution in [3.8, 4) is 11.4 Å². The summed E-state index contributed by atoms with van der Waals surface area (Å²) in [7, 11) is 1.65. The van der Waals surface area contributed by atoms with Gasteiger partial charge in [0.2, 0.25) is 5.91 Å². The number of thioether (sulfide) groups is 1. The molecule has 140 valence electrons. The van der Waals surface area contributed by atoms with Crippen LogP contribution in [-0.4, -0.2) is 39.6 Å². The number of nitrogens with one attached hydrogen (secondary N) is 1. The van der Waals surface area contributed by atoms with Crippen LogP contribution in [0.4, 0.5) is 0 Å². The molecule has 2 aromatic carbocycles. The van der Waals surface area contributed by atoms with Gasteiger partial charge in [0.05, 0.1) is 12.4 Å². The van der Waals surface area contributed by atoms with Gasteiger partial charge in [-0.3, -0.25) is 9.36 Å². The van der Waals surface area contributed by atoms with E-state index in [1.807, 2.05) is 66.1 Å². The molecule has 6 nitrogen and oxygen atoms in total. The number of benzene rings is 2. The number of methoxy groups -OCH3 is 1. The fraction of sp³-hybridized carbons (Fsp3) is 0.250. The Hall–Kier alpha value is -2.80. The highest BCUT2D eigenvalue weighted by Gasteiger charge is 2.18. The van der Waals surface area contributed by atoms with E-state index in [9.17, 15) is 4.79 Å². The van der Waals surface area contributed by atoms with Crippen molar-refractivity contribution in [2.45, 2.75) is 23.8 Å². The van der Waals surface area contributed by atoms with Crippen LogP contribution in [0.1, 0.15) is 12.5 Å². The monoisotopic (exact) mass is 382 g/mol. The second-order valence-electron chi connectivity index (χ2n) is 5.97. The molecule has 0 aliphatic rings. The Morgan fingerprint density at radius 3 is 2.63 bits per heavy atom. The Balaban J connectivity index is 1.52. The lowest BCUT2D eigenvalue weighted by molar-refractivity contribution is -0.120. The fourth-order valence-corrected chi connectivity index (χ4v) is 3.42. The number of hydrogen-bond donors (Lipinski definition) is 1. The predicted octanol–water partition coefficient (Wildman–Crippen LogP) is 3.12. The standard InChI is InChI=1S/C20H22N4O2S/c1-15(19(25)21-13-12-16-8-10-18(26-2)11-9-16)27-20-23-22-14-24(20)17-6-4-3-5-7-17/h3-11,14-15H,12-13H2,1-2H3,(H,21,25). The maximum absolute atomic E-state index is 12.4. The highest BCUT2D eigenvalue weighted by molar-refractivity contribution is 8.00. The quantitative estimate of drug-likeness (QED) is 0.606. The number of amides is 1. The van der Waals surface area contributed by atoms with Crippen LogP contribution in [0.5, 0.6) is 5.75 Å². The Morgan fingerprint density at radius 1 is 1.19 bits per heavy atom. The third-order valence-electron chi connectivity index (χ3n) is 4.07. The molecule has 7 heteroatoms. The number of rotatable bonds is 8. The zero-order chi connectivity index (χ0) is 19.1. The van der Waals surface area contributed by atoms with Crippen LogP contribution in [0, 0.1) is 0 Å². The summed E-state index contributed by atoms with van der Waals surface area (Å²) in [4.78, 5) is 12.4. The van der Waals surface area contributed by atoms with Crippen molar-refractivity contribution in [3.63, 3.8) is 0 Å². The van der Waals surface area contributed by atoms with Crippen LogP contribution in [-0.2, 0) is 11.2 Å². The van der Waals surface area contributed by atoms with Crippen LogP contribution in [0.3, 0.4) is 0 Å². The fourth-order valence-electron chi connectivity index (χ4n) is 2.55. The Labute approximate surface area is 163 Å². The minimum Gasteiger partial charge on any atom is -0.497 e. The largest absolute Gasteiger partial charge is 0.497 e. The van der Waals surface area contributed by atoms with Gasteiger partial charge in [0.1, 0.15) is 12.1 Å². The van der Waals surface area contributed by atoms with Crippen LogP contribution in [0.25, 0.3) is 5.69 Å². The average Bonchev–Trinajstić information content (AvgIpc) is 3.17. The van der Waals surface area contributed by atoms with E-state index in [0.29, 0.717) is 11.7 Å². The molecule has 0 aliphatic carbocycles. The molecule has 3 aromatic rings. The molecule has 0 bridgehead atoms. The van der Waals surface area contributed by atoms with Crippen molar-refractivity contribution >= 4 is 17.7 Å². The molecule has 1 atom stereocenters. The van der Waals surface area contributed by atoms with Gasteiger partial charge in [-0.25, -0.2) is 0 Å². The summed E-state index contributed by atoms with van der Waals surface area (Å²) in [6, 6.07) is 17.7. The molecule has 1 N–H and O–H groups in total. The molecule has 0 radical (unpaired) electrons. The summed E-state index contributed by atoms with van der Waals surface area (Å²) >= 11 is 1.39. The van der Waals surface area contributed by atoms with Gasteiger partial charge in [0.15, 0.2) is 5.16 Å². The summed E-state index contributed by atoms with van der Waals surface area (Å²) in [6.45, 7) is 2.46. The summed E-state index contributed by atoms with van der Waals surface area (Å²) in [6.07, 6.45) is 2.43. The van der Waals surface area contributed by atoms with Gasteiger partial charge < -0.3 is 10.1 Å². The van der Waals surface area contributed by atoms with Crippen molar-refractivity contribution in [1.29, 1.82) is 0 Å². The molecule has 0 saturated heterocycles. The second kappa shape index (κ2) is 9.23. The third kappa shape index (κ3) is 5.10. The van der Waals surface area contributed by atoms with Crippen LogP contribution in [0.15, 0.2) is 66.1 Å². The first-order valence-electron chi connectivity index (χ1n) is 8.70. The van der Waals surface area contributed by atoms with Crippen molar-refractivity contribution in [3.05, 3.63) is 66.5 Å². The van der Waals surface area contributed by atoms with Gasteiger partial charge in [-0.1, -0.05) is 42.1 Å². The van der Waals surface area contributed by atoms with E-state index in [2.05, 4.69) is 15.5 Å². The van der Waals surface area contributed by atoms with E-state index in [1.165, 1.54) is 11.8 Å². The van der Waals surface area contributed by atoms with E-state index >= 15 is 0 Å². The van der Waals surface area contributed by atoms with E-state index in [4.69, 9.17) is 4.74 Å². The van der Waals surface area contributed by atoms with Gasteiger partial charge in [-0.05, 0) is 43.2 Å². The zero-order valence-electron chi connectivity index (χ0n) is 15.3. The maximum atomic E-state index is 12.4. The molecule has 1 aromatic heterocycles. The molecule has 0 fully saturated rings. The highest BCUT2D eigenvalue weighted by Crippen LogP contribution is 2.23. The predicted molar refractivity (Wildman–Crippen MR) is 106 cm³/mol. The van der Waals surface area contributed by atoms with Crippen LogP contribution in [0.2, 0.25) is 0 Å². The first-order chi connectivity index (χ1) is 13.2. The lowest BCUT2D eigenvalue weighted by atomic mass is 10.1. The van der Waals surface area contributed by atoms with Gasteiger partial charge in [-0.2, -0.15) is 0 Å². The summed E-state index contributed by atoms with van der Waals surface area (Å²) in [5.74, 6) is 0.812. The first-order valence-corrected chi connectivity index (χ1v) is 9.58. The zero-order valence-corrected chi connectivity index (χ0v) is 16.1. The van der Waals surface area contributed by atoms with Crippen molar-refractivity contribution in [2.75, 3.05) is 13.7 Å². The first kappa shape index (κ1) is 19.0. The number of nitrogens with zero attached hydrogens (tertiary/aromatic N) is 3. The van der Waals surface area contributed by atoms with Crippen molar-refractivity contribution in [2.24, 2.45) is 0 Å². The van der Waals surface area contributed by atoms with Crippen molar-refractivity contribution in [1.82, 2.24) is 20.1 Å².